The van der Waals surface area contributed by atoms with Gasteiger partial charge in [0.05, 0.1) is 6.20 Å². The highest BCUT2D eigenvalue weighted by atomic mass is 15.4. The molecule has 0 saturated heterocycles. The molecule has 1 atom stereocenters. The molecule has 0 spiro atoms. The van der Waals surface area contributed by atoms with E-state index < -0.39 is 0 Å². The number of nitrogens with zero attached hydrogens (tertiary/aromatic N) is 5. The van der Waals surface area contributed by atoms with E-state index in [0.29, 0.717) is 17.8 Å². The standard InChI is InChI=1S/C20H22N6/c1-14-12-15-6-4-5-7-18(15)26(14)20-23-19(13-21-24-20)22-16-8-10-17(11-9-16)25(2)3/h4-11,13-14H,12H2,1-3H3,(H,22,23,24). The van der Waals surface area contributed by atoms with Gasteiger partial charge in [-0.2, -0.15) is 10.1 Å². The SMILES string of the molecule is CC1Cc2ccccc2N1c1nncc(Nc2ccc(N(C)C)cc2)n1. The molecule has 2 heterocycles. The molecule has 0 radical (unpaired) electrons. The molecule has 3 aromatic rings. The Hall–Kier alpha value is -3.15. The number of nitrogens with one attached hydrogen (secondary N) is 1. The zero-order valence-corrected chi connectivity index (χ0v) is 15.2. The molecule has 132 valence electrons. The van der Waals surface area contributed by atoms with Crippen LogP contribution in [-0.2, 0) is 6.42 Å². The Kier molecular flexibility index (Phi) is 4.16. The number of hydrogen-bond donors (Lipinski definition) is 1. The van der Waals surface area contributed by atoms with Crippen LogP contribution in [-0.4, -0.2) is 35.3 Å². The van der Waals surface area contributed by atoms with E-state index in [1.54, 1.807) is 6.20 Å². The summed E-state index contributed by atoms with van der Waals surface area (Å²) < 4.78 is 0. The number of anilines is 5. The smallest absolute Gasteiger partial charge is 0.252 e. The Balaban J connectivity index is 1.59. The molecule has 6 nitrogen and oxygen atoms in total. The molecule has 1 unspecified atom stereocenters. The molecule has 6 heteroatoms. The third kappa shape index (κ3) is 3.06. The van der Waals surface area contributed by atoms with Gasteiger partial charge in [-0.25, -0.2) is 0 Å². The molecule has 2 aromatic carbocycles. The van der Waals surface area contributed by atoms with Crippen LogP contribution in [0.4, 0.5) is 28.8 Å². The maximum atomic E-state index is 4.69. The van der Waals surface area contributed by atoms with Gasteiger partial charge in [-0.15, -0.1) is 5.10 Å². The summed E-state index contributed by atoms with van der Waals surface area (Å²) in [5.74, 6) is 1.31. The fourth-order valence-corrected chi connectivity index (χ4v) is 3.32. The van der Waals surface area contributed by atoms with Crippen LogP contribution in [0.2, 0.25) is 0 Å². The van der Waals surface area contributed by atoms with Crippen LogP contribution in [0.25, 0.3) is 0 Å². The first-order valence-electron chi connectivity index (χ1n) is 8.73. The van der Waals surface area contributed by atoms with Crippen LogP contribution in [0.1, 0.15) is 12.5 Å². The normalized spacial score (nSPS) is 15.7. The van der Waals surface area contributed by atoms with Crippen molar-refractivity contribution in [2.45, 2.75) is 19.4 Å². The lowest BCUT2D eigenvalue weighted by Gasteiger charge is -2.22. The summed E-state index contributed by atoms with van der Waals surface area (Å²) in [7, 11) is 4.05. The molecule has 1 aromatic heterocycles. The highest BCUT2D eigenvalue weighted by Crippen LogP contribution is 2.36. The number of rotatable bonds is 4. The Morgan fingerprint density at radius 2 is 1.85 bits per heavy atom. The van der Waals surface area contributed by atoms with Crippen molar-refractivity contribution < 1.29 is 0 Å². The minimum Gasteiger partial charge on any atom is -0.378 e. The van der Waals surface area contributed by atoms with Gasteiger partial charge in [0, 0.05) is 37.2 Å². The summed E-state index contributed by atoms with van der Waals surface area (Å²) in [6, 6.07) is 16.9. The van der Waals surface area contributed by atoms with E-state index >= 15 is 0 Å². The molecule has 0 fully saturated rings. The van der Waals surface area contributed by atoms with E-state index in [2.05, 4.69) is 67.6 Å². The van der Waals surface area contributed by atoms with E-state index in [-0.39, 0.29) is 0 Å². The van der Waals surface area contributed by atoms with Crippen LogP contribution in [0.5, 0.6) is 0 Å². The third-order valence-electron chi connectivity index (χ3n) is 4.63. The van der Waals surface area contributed by atoms with E-state index in [1.807, 2.05) is 32.3 Å². The van der Waals surface area contributed by atoms with Gasteiger partial charge in [-0.1, -0.05) is 18.2 Å². The topological polar surface area (TPSA) is 57.2 Å². The van der Waals surface area contributed by atoms with Crippen molar-refractivity contribution in [3.05, 3.63) is 60.3 Å². The molecule has 0 amide bonds. The number of fused-ring (bicyclic) bond motifs is 1. The first kappa shape index (κ1) is 16.3. The van der Waals surface area contributed by atoms with Crippen molar-refractivity contribution >= 4 is 28.8 Å². The van der Waals surface area contributed by atoms with Crippen LogP contribution in [0.3, 0.4) is 0 Å². The van der Waals surface area contributed by atoms with Gasteiger partial charge >= 0.3 is 0 Å². The van der Waals surface area contributed by atoms with Gasteiger partial charge in [0.1, 0.15) is 0 Å². The molecule has 26 heavy (non-hydrogen) atoms. The largest absolute Gasteiger partial charge is 0.378 e. The maximum absolute atomic E-state index is 4.69. The monoisotopic (exact) mass is 346 g/mol. The number of aromatic nitrogens is 3. The Morgan fingerprint density at radius 3 is 2.62 bits per heavy atom. The van der Waals surface area contributed by atoms with Crippen LogP contribution >= 0.6 is 0 Å². The Bertz CT molecular complexity index is 906. The Labute approximate surface area is 153 Å². The number of hydrogen-bond acceptors (Lipinski definition) is 6. The molecule has 1 N–H and O–H groups in total. The minimum atomic E-state index is 0.309. The first-order valence-corrected chi connectivity index (χ1v) is 8.73. The molecule has 1 aliphatic rings. The van der Waals surface area contributed by atoms with Gasteiger partial charge < -0.3 is 15.1 Å². The van der Waals surface area contributed by atoms with E-state index in [4.69, 9.17) is 0 Å². The van der Waals surface area contributed by atoms with Gasteiger partial charge in [0.25, 0.3) is 5.95 Å². The minimum absolute atomic E-state index is 0.309. The molecule has 1 aliphatic heterocycles. The van der Waals surface area contributed by atoms with Gasteiger partial charge in [0.15, 0.2) is 5.82 Å². The summed E-state index contributed by atoms with van der Waals surface area (Å²) in [5.41, 5.74) is 4.60. The van der Waals surface area contributed by atoms with Gasteiger partial charge in [-0.3, -0.25) is 0 Å². The highest BCUT2D eigenvalue weighted by molar-refractivity contribution is 5.68. The first-order chi connectivity index (χ1) is 12.6. The molecule has 0 bridgehead atoms. The molecule has 0 saturated carbocycles. The fraction of sp³-hybridized carbons (Fsp3) is 0.250. The lowest BCUT2D eigenvalue weighted by atomic mass is 10.1. The Morgan fingerprint density at radius 1 is 1.08 bits per heavy atom. The number of para-hydroxylation sites is 1. The molecular weight excluding hydrogens is 324 g/mol. The molecular formula is C20H22N6. The zero-order valence-electron chi connectivity index (χ0n) is 15.2. The summed E-state index contributed by atoms with van der Waals surface area (Å²) in [4.78, 5) is 8.91. The maximum Gasteiger partial charge on any atom is 0.252 e. The van der Waals surface area contributed by atoms with Crippen molar-refractivity contribution in [3.8, 4) is 0 Å². The van der Waals surface area contributed by atoms with Gasteiger partial charge in [-0.05, 0) is 49.2 Å². The second kappa shape index (κ2) is 6.63. The summed E-state index contributed by atoms with van der Waals surface area (Å²) in [6.07, 6.45) is 2.64. The molecule has 4 rings (SSSR count). The second-order valence-corrected chi connectivity index (χ2v) is 6.76. The zero-order chi connectivity index (χ0) is 18.1. The fourth-order valence-electron chi connectivity index (χ4n) is 3.32. The highest BCUT2D eigenvalue weighted by Gasteiger charge is 2.29. The van der Waals surface area contributed by atoms with Crippen molar-refractivity contribution in [2.75, 3.05) is 29.2 Å². The van der Waals surface area contributed by atoms with Crippen molar-refractivity contribution in [1.82, 2.24) is 15.2 Å². The quantitative estimate of drug-likeness (QED) is 0.776. The average Bonchev–Trinajstić information content (AvgIpc) is 2.98. The number of benzene rings is 2. The van der Waals surface area contributed by atoms with E-state index in [9.17, 15) is 0 Å². The second-order valence-electron chi connectivity index (χ2n) is 6.76. The van der Waals surface area contributed by atoms with Crippen LogP contribution in [0.15, 0.2) is 54.7 Å². The van der Waals surface area contributed by atoms with Crippen molar-refractivity contribution in [2.24, 2.45) is 0 Å². The van der Waals surface area contributed by atoms with Crippen LogP contribution in [0, 0.1) is 0 Å². The van der Waals surface area contributed by atoms with Crippen molar-refractivity contribution in [1.29, 1.82) is 0 Å². The van der Waals surface area contributed by atoms with Gasteiger partial charge in [0.2, 0.25) is 0 Å². The lowest BCUT2D eigenvalue weighted by Crippen LogP contribution is -2.26. The van der Waals surface area contributed by atoms with E-state index in [0.717, 1.165) is 23.5 Å². The predicted octanol–water partition coefficient (Wildman–Crippen LogP) is 3.76. The molecule has 0 aliphatic carbocycles. The lowest BCUT2D eigenvalue weighted by molar-refractivity contribution is 0.730. The summed E-state index contributed by atoms with van der Waals surface area (Å²) >= 11 is 0. The predicted molar refractivity (Wildman–Crippen MR) is 106 cm³/mol. The third-order valence-corrected chi connectivity index (χ3v) is 4.63. The average molecular weight is 346 g/mol. The van der Waals surface area contributed by atoms with Crippen LogP contribution < -0.4 is 15.1 Å². The summed E-state index contributed by atoms with van der Waals surface area (Å²) in [5, 5.41) is 11.7. The van der Waals surface area contributed by atoms with Crippen molar-refractivity contribution in [3.63, 3.8) is 0 Å². The van der Waals surface area contributed by atoms with E-state index in [1.165, 1.54) is 5.56 Å². The summed E-state index contributed by atoms with van der Waals surface area (Å²) in [6.45, 7) is 2.18.